The van der Waals surface area contributed by atoms with Crippen molar-refractivity contribution in [1.29, 1.82) is 0 Å². The number of nitrogens with zero attached hydrogens (tertiary/aromatic N) is 5. The van der Waals surface area contributed by atoms with Gasteiger partial charge >= 0.3 is 0 Å². The molecule has 0 spiro atoms. The maximum Gasteiger partial charge on any atom is 0.269 e. The predicted molar refractivity (Wildman–Crippen MR) is 67.5 cm³/mol. The maximum absolute atomic E-state index is 11.8. The number of rotatable bonds is 5. The van der Waals surface area contributed by atoms with E-state index < -0.39 is 0 Å². The van der Waals surface area contributed by atoms with Gasteiger partial charge in [0.2, 0.25) is 0 Å². The lowest BCUT2D eigenvalue weighted by Crippen LogP contribution is -2.24. The average Bonchev–Trinajstić information content (AvgIpc) is 2.80. The van der Waals surface area contributed by atoms with Crippen molar-refractivity contribution in [3.63, 3.8) is 0 Å². The molecule has 0 amide bonds. The summed E-state index contributed by atoms with van der Waals surface area (Å²) in [5, 5.41) is 11.2. The molecule has 0 radical (unpaired) electrons. The largest absolute Gasteiger partial charge is 0.384 e. The van der Waals surface area contributed by atoms with E-state index in [0.717, 1.165) is 24.6 Å². The van der Waals surface area contributed by atoms with Crippen molar-refractivity contribution < 1.29 is 0 Å². The SMILES string of the molecule is CCNc1cnn(Cc2ncnn2CC)c(=O)c1. The maximum atomic E-state index is 11.8. The number of anilines is 1. The van der Waals surface area contributed by atoms with Crippen LogP contribution in [0.3, 0.4) is 0 Å². The topological polar surface area (TPSA) is 77.6 Å². The standard InChI is InChI=1S/C11H16N6O/c1-3-12-9-5-11(18)17(14-6-9)7-10-13-8-15-16(10)4-2/h5-6,8,12H,3-4,7H2,1-2H3. The number of nitrogens with one attached hydrogen (secondary N) is 1. The molecular formula is C11H16N6O. The minimum atomic E-state index is -0.154. The summed E-state index contributed by atoms with van der Waals surface area (Å²) < 4.78 is 3.11. The molecule has 2 aromatic rings. The zero-order valence-corrected chi connectivity index (χ0v) is 10.5. The molecular weight excluding hydrogens is 232 g/mol. The zero-order chi connectivity index (χ0) is 13.0. The molecule has 2 aromatic heterocycles. The quantitative estimate of drug-likeness (QED) is 0.825. The highest BCUT2D eigenvalue weighted by atomic mass is 16.1. The molecule has 7 nitrogen and oxygen atoms in total. The van der Waals surface area contributed by atoms with Crippen LogP contribution < -0.4 is 10.9 Å². The summed E-state index contributed by atoms with van der Waals surface area (Å²) in [4.78, 5) is 16.0. The lowest BCUT2D eigenvalue weighted by atomic mass is 10.4. The minimum absolute atomic E-state index is 0.154. The van der Waals surface area contributed by atoms with Crippen LogP contribution in [0.1, 0.15) is 19.7 Å². The molecule has 2 heterocycles. The molecule has 0 aliphatic carbocycles. The summed E-state index contributed by atoms with van der Waals surface area (Å²) >= 11 is 0. The monoisotopic (exact) mass is 248 g/mol. The minimum Gasteiger partial charge on any atom is -0.384 e. The summed E-state index contributed by atoms with van der Waals surface area (Å²) in [5.74, 6) is 0.725. The van der Waals surface area contributed by atoms with E-state index >= 15 is 0 Å². The first-order valence-corrected chi connectivity index (χ1v) is 5.92. The Morgan fingerprint density at radius 3 is 2.78 bits per heavy atom. The Labute approximate surface area is 104 Å². The highest BCUT2D eigenvalue weighted by molar-refractivity contribution is 5.38. The summed E-state index contributed by atoms with van der Waals surface area (Å²) in [5.41, 5.74) is 0.579. The van der Waals surface area contributed by atoms with Gasteiger partial charge in [-0.2, -0.15) is 10.2 Å². The van der Waals surface area contributed by atoms with E-state index in [4.69, 9.17) is 0 Å². The molecule has 2 rings (SSSR count). The van der Waals surface area contributed by atoms with Crippen molar-refractivity contribution in [3.05, 3.63) is 34.8 Å². The fourth-order valence-electron chi connectivity index (χ4n) is 1.66. The van der Waals surface area contributed by atoms with E-state index in [1.165, 1.54) is 17.1 Å². The van der Waals surface area contributed by atoms with Crippen LogP contribution in [0, 0.1) is 0 Å². The van der Waals surface area contributed by atoms with E-state index in [0.29, 0.717) is 6.54 Å². The van der Waals surface area contributed by atoms with Gasteiger partial charge in [0.25, 0.3) is 5.56 Å². The molecule has 96 valence electrons. The molecule has 0 atom stereocenters. The van der Waals surface area contributed by atoms with Crippen molar-refractivity contribution in [2.75, 3.05) is 11.9 Å². The predicted octanol–water partition coefficient (Wildman–Crippen LogP) is 0.335. The molecule has 18 heavy (non-hydrogen) atoms. The first-order chi connectivity index (χ1) is 8.74. The van der Waals surface area contributed by atoms with E-state index in [1.807, 2.05) is 13.8 Å². The normalized spacial score (nSPS) is 10.6. The highest BCUT2D eigenvalue weighted by Crippen LogP contribution is 2.00. The molecule has 0 unspecified atom stereocenters. The number of hydrogen-bond donors (Lipinski definition) is 1. The third-order valence-electron chi connectivity index (χ3n) is 2.54. The van der Waals surface area contributed by atoms with Gasteiger partial charge in [-0.25, -0.2) is 14.3 Å². The Balaban J connectivity index is 2.22. The number of hydrogen-bond acceptors (Lipinski definition) is 5. The third kappa shape index (κ3) is 2.55. The van der Waals surface area contributed by atoms with E-state index in [2.05, 4.69) is 20.5 Å². The van der Waals surface area contributed by atoms with Crippen LogP contribution in [0.2, 0.25) is 0 Å². The van der Waals surface area contributed by atoms with Crippen LogP contribution in [0.5, 0.6) is 0 Å². The lowest BCUT2D eigenvalue weighted by Gasteiger charge is -2.06. The molecule has 7 heteroatoms. The van der Waals surface area contributed by atoms with Crippen molar-refractivity contribution >= 4 is 5.69 Å². The molecule has 0 aliphatic heterocycles. The summed E-state index contributed by atoms with van der Waals surface area (Å²) in [7, 11) is 0. The summed E-state index contributed by atoms with van der Waals surface area (Å²) in [6.07, 6.45) is 3.12. The van der Waals surface area contributed by atoms with Crippen molar-refractivity contribution in [2.24, 2.45) is 0 Å². The molecule has 0 aromatic carbocycles. The van der Waals surface area contributed by atoms with Crippen molar-refractivity contribution in [3.8, 4) is 0 Å². The van der Waals surface area contributed by atoms with Gasteiger partial charge in [0.1, 0.15) is 18.7 Å². The number of aromatic nitrogens is 5. The van der Waals surface area contributed by atoms with Gasteiger partial charge in [0.15, 0.2) is 0 Å². The van der Waals surface area contributed by atoms with Crippen LogP contribution in [-0.4, -0.2) is 31.1 Å². The molecule has 0 fully saturated rings. The Bertz CT molecular complexity index is 573. The average molecular weight is 248 g/mol. The van der Waals surface area contributed by atoms with Crippen LogP contribution in [0.25, 0.3) is 0 Å². The third-order valence-corrected chi connectivity index (χ3v) is 2.54. The first kappa shape index (κ1) is 12.3. The van der Waals surface area contributed by atoms with Crippen LogP contribution in [0.15, 0.2) is 23.4 Å². The fourth-order valence-corrected chi connectivity index (χ4v) is 1.66. The van der Waals surface area contributed by atoms with E-state index in [1.54, 1.807) is 10.9 Å². The van der Waals surface area contributed by atoms with Gasteiger partial charge in [-0.05, 0) is 13.8 Å². The molecule has 0 saturated carbocycles. The molecule has 0 bridgehead atoms. The van der Waals surface area contributed by atoms with Gasteiger partial charge in [-0.3, -0.25) is 4.79 Å². The fraction of sp³-hybridized carbons (Fsp3) is 0.455. The van der Waals surface area contributed by atoms with Gasteiger partial charge < -0.3 is 5.32 Å². The zero-order valence-electron chi connectivity index (χ0n) is 10.5. The number of aryl methyl sites for hydroxylation is 1. The Morgan fingerprint density at radius 1 is 1.28 bits per heavy atom. The van der Waals surface area contributed by atoms with Crippen LogP contribution >= 0.6 is 0 Å². The van der Waals surface area contributed by atoms with Crippen LogP contribution in [0.4, 0.5) is 5.69 Å². The molecule has 0 saturated heterocycles. The summed E-state index contributed by atoms with van der Waals surface area (Å²) in [6.45, 7) is 5.76. The van der Waals surface area contributed by atoms with Crippen molar-refractivity contribution in [1.82, 2.24) is 24.5 Å². The highest BCUT2D eigenvalue weighted by Gasteiger charge is 2.06. The first-order valence-electron chi connectivity index (χ1n) is 5.92. The van der Waals surface area contributed by atoms with Gasteiger partial charge in [-0.1, -0.05) is 0 Å². The Hall–Kier alpha value is -2.18. The second-order valence-electron chi connectivity index (χ2n) is 3.76. The Morgan fingerprint density at radius 2 is 2.11 bits per heavy atom. The smallest absolute Gasteiger partial charge is 0.269 e. The second-order valence-corrected chi connectivity index (χ2v) is 3.76. The summed E-state index contributed by atoms with van der Waals surface area (Å²) in [6, 6.07) is 1.53. The van der Waals surface area contributed by atoms with Gasteiger partial charge in [0, 0.05) is 19.2 Å². The molecule has 0 aliphatic rings. The Kier molecular flexibility index (Phi) is 3.71. The second kappa shape index (κ2) is 5.44. The van der Waals surface area contributed by atoms with Gasteiger partial charge in [0.05, 0.1) is 11.9 Å². The lowest BCUT2D eigenvalue weighted by molar-refractivity contribution is 0.551. The molecule has 1 N–H and O–H groups in total. The van der Waals surface area contributed by atoms with E-state index in [9.17, 15) is 4.79 Å². The van der Waals surface area contributed by atoms with Crippen molar-refractivity contribution in [2.45, 2.75) is 26.9 Å². The van der Waals surface area contributed by atoms with E-state index in [-0.39, 0.29) is 5.56 Å². The van der Waals surface area contributed by atoms with Gasteiger partial charge in [-0.15, -0.1) is 0 Å². The van der Waals surface area contributed by atoms with Crippen LogP contribution in [-0.2, 0) is 13.1 Å².